The van der Waals surface area contributed by atoms with E-state index in [-0.39, 0.29) is 0 Å². The van der Waals surface area contributed by atoms with Gasteiger partial charge in [0.05, 0.1) is 17.2 Å². The topological polar surface area (TPSA) is 33.6 Å². The molecular weight excluding hydrogens is 262 g/mol. The summed E-state index contributed by atoms with van der Waals surface area (Å²) >= 11 is 7.14. The average molecular weight is 275 g/mol. The molecule has 0 aliphatic rings. The molecule has 1 unspecified atom stereocenters. The van der Waals surface area contributed by atoms with Crippen molar-refractivity contribution in [3.8, 4) is 0 Å². The van der Waals surface area contributed by atoms with Crippen molar-refractivity contribution in [1.29, 1.82) is 0 Å². The van der Waals surface area contributed by atoms with Gasteiger partial charge in [-0.3, -0.25) is 4.98 Å². The second-order valence-corrected chi connectivity index (χ2v) is 5.54. The van der Waals surface area contributed by atoms with Gasteiger partial charge in [0, 0.05) is 12.2 Å². The number of imidazole rings is 1. The maximum absolute atomic E-state index is 5.41. The Balaban J connectivity index is 2.03. The van der Waals surface area contributed by atoms with Crippen LogP contribution in [0.1, 0.15) is 18.5 Å². The Labute approximate surface area is 114 Å². The molecule has 3 heterocycles. The van der Waals surface area contributed by atoms with Crippen LogP contribution in [0, 0.1) is 4.77 Å². The quantitative estimate of drug-likeness (QED) is 0.734. The molecule has 0 spiro atoms. The van der Waals surface area contributed by atoms with Crippen molar-refractivity contribution >= 4 is 34.6 Å². The van der Waals surface area contributed by atoms with E-state index in [0.717, 1.165) is 22.2 Å². The van der Waals surface area contributed by atoms with Crippen LogP contribution in [0.15, 0.2) is 35.3 Å². The molecule has 0 aliphatic heterocycles. The van der Waals surface area contributed by atoms with Gasteiger partial charge in [-0.05, 0) is 54.0 Å². The minimum atomic E-state index is 0.336. The van der Waals surface area contributed by atoms with E-state index in [4.69, 9.17) is 12.2 Å². The first kappa shape index (κ1) is 11.6. The summed E-state index contributed by atoms with van der Waals surface area (Å²) in [5, 5.41) is 4.30. The van der Waals surface area contributed by atoms with Gasteiger partial charge in [-0.1, -0.05) is 0 Å². The summed E-state index contributed by atoms with van der Waals surface area (Å²) in [5.74, 6) is 0. The highest BCUT2D eigenvalue weighted by Crippen LogP contribution is 2.22. The maximum Gasteiger partial charge on any atom is 0.178 e. The number of pyridine rings is 1. The molecule has 3 aromatic heterocycles. The molecule has 3 nitrogen and oxygen atoms in total. The van der Waals surface area contributed by atoms with E-state index < -0.39 is 0 Å². The van der Waals surface area contributed by atoms with Gasteiger partial charge >= 0.3 is 0 Å². The van der Waals surface area contributed by atoms with Gasteiger partial charge < -0.3 is 9.55 Å². The molecule has 0 aliphatic carbocycles. The van der Waals surface area contributed by atoms with E-state index in [1.54, 1.807) is 17.5 Å². The lowest BCUT2D eigenvalue weighted by Gasteiger charge is -2.13. The summed E-state index contributed by atoms with van der Waals surface area (Å²) in [6, 6.07) is 4.51. The fraction of sp³-hybridized carbons (Fsp3) is 0.231. The molecule has 0 amide bonds. The zero-order chi connectivity index (χ0) is 12.5. The van der Waals surface area contributed by atoms with Crippen LogP contribution in [0.25, 0.3) is 11.0 Å². The average Bonchev–Trinajstić information content (AvgIpc) is 2.94. The van der Waals surface area contributed by atoms with Crippen molar-refractivity contribution in [1.82, 2.24) is 14.5 Å². The standard InChI is InChI=1S/C13H13N3S2/c1-9(6-10-3-5-18-8-10)16-12-2-4-14-7-11(12)15-13(16)17/h2-5,7-9H,6H2,1H3,(H,15,17). The first-order chi connectivity index (χ1) is 8.75. The molecule has 0 saturated heterocycles. The van der Waals surface area contributed by atoms with Gasteiger partial charge in [-0.15, -0.1) is 0 Å². The summed E-state index contributed by atoms with van der Waals surface area (Å²) in [5.41, 5.74) is 3.48. The third-order valence-corrected chi connectivity index (χ3v) is 4.10. The highest BCUT2D eigenvalue weighted by molar-refractivity contribution is 7.71. The predicted octanol–water partition coefficient (Wildman–Crippen LogP) is 3.96. The molecule has 3 aromatic rings. The fourth-order valence-electron chi connectivity index (χ4n) is 2.26. The number of H-pyrrole nitrogens is 1. The van der Waals surface area contributed by atoms with Gasteiger partial charge in [0.1, 0.15) is 0 Å². The zero-order valence-corrected chi connectivity index (χ0v) is 11.6. The SMILES string of the molecule is CC(Cc1ccsc1)n1c(=S)[nH]c2cnccc21. The number of nitrogens with zero attached hydrogens (tertiary/aromatic N) is 2. The minimum absolute atomic E-state index is 0.336. The van der Waals surface area contributed by atoms with Crippen LogP contribution in [-0.4, -0.2) is 14.5 Å². The van der Waals surface area contributed by atoms with Gasteiger partial charge in [-0.25, -0.2) is 0 Å². The van der Waals surface area contributed by atoms with Crippen LogP contribution in [0.5, 0.6) is 0 Å². The Morgan fingerprint density at radius 1 is 1.50 bits per heavy atom. The van der Waals surface area contributed by atoms with E-state index >= 15 is 0 Å². The van der Waals surface area contributed by atoms with E-state index in [1.807, 2.05) is 12.3 Å². The fourth-order valence-corrected chi connectivity index (χ4v) is 3.33. The number of aromatic nitrogens is 3. The Morgan fingerprint density at radius 3 is 3.17 bits per heavy atom. The Hall–Kier alpha value is -1.46. The van der Waals surface area contributed by atoms with Crippen molar-refractivity contribution < 1.29 is 0 Å². The molecule has 0 aromatic carbocycles. The molecule has 5 heteroatoms. The van der Waals surface area contributed by atoms with Gasteiger partial charge in [0.15, 0.2) is 4.77 Å². The van der Waals surface area contributed by atoms with Crippen LogP contribution in [0.4, 0.5) is 0 Å². The molecule has 3 rings (SSSR count). The Bertz CT molecular complexity index is 709. The van der Waals surface area contributed by atoms with Crippen molar-refractivity contribution in [3.63, 3.8) is 0 Å². The number of aromatic amines is 1. The summed E-state index contributed by atoms with van der Waals surface area (Å²) in [6.45, 7) is 2.20. The van der Waals surface area contributed by atoms with E-state index in [1.165, 1.54) is 5.56 Å². The Morgan fingerprint density at radius 2 is 2.39 bits per heavy atom. The molecule has 18 heavy (non-hydrogen) atoms. The number of rotatable bonds is 3. The zero-order valence-electron chi connectivity index (χ0n) is 9.96. The van der Waals surface area contributed by atoms with Crippen LogP contribution in [0.2, 0.25) is 0 Å². The summed E-state index contributed by atoms with van der Waals surface area (Å²) < 4.78 is 2.94. The number of hydrogen-bond acceptors (Lipinski definition) is 3. The third-order valence-electron chi connectivity index (χ3n) is 3.07. The molecule has 0 saturated carbocycles. The van der Waals surface area contributed by atoms with Crippen molar-refractivity contribution in [2.24, 2.45) is 0 Å². The Kier molecular flexibility index (Phi) is 3.01. The number of hydrogen-bond donors (Lipinski definition) is 1. The lowest BCUT2D eigenvalue weighted by Crippen LogP contribution is -2.07. The van der Waals surface area contributed by atoms with Crippen LogP contribution in [0.3, 0.4) is 0 Å². The largest absolute Gasteiger partial charge is 0.329 e. The number of fused-ring (bicyclic) bond motifs is 1. The summed E-state index contributed by atoms with van der Waals surface area (Å²) in [4.78, 5) is 7.32. The minimum Gasteiger partial charge on any atom is -0.329 e. The van der Waals surface area contributed by atoms with E-state index in [9.17, 15) is 0 Å². The van der Waals surface area contributed by atoms with Crippen molar-refractivity contribution in [3.05, 3.63) is 45.6 Å². The third kappa shape index (κ3) is 2.00. The second-order valence-electron chi connectivity index (χ2n) is 4.38. The molecule has 1 atom stereocenters. The first-order valence-electron chi connectivity index (χ1n) is 5.81. The normalized spacial score (nSPS) is 12.9. The van der Waals surface area contributed by atoms with Crippen LogP contribution >= 0.6 is 23.6 Å². The molecule has 92 valence electrons. The molecule has 0 radical (unpaired) electrons. The number of nitrogens with one attached hydrogen (secondary N) is 1. The highest BCUT2D eigenvalue weighted by atomic mass is 32.1. The summed E-state index contributed by atoms with van der Waals surface area (Å²) in [6.07, 6.45) is 4.62. The van der Waals surface area contributed by atoms with Gasteiger partial charge in [0.2, 0.25) is 0 Å². The molecule has 1 N–H and O–H groups in total. The van der Waals surface area contributed by atoms with Gasteiger partial charge in [0.25, 0.3) is 0 Å². The monoisotopic (exact) mass is 275 g/mol. The molecule has 0 bridgehead atoms. The maximum atomic E-state index is 5.41. The number of thiophene rings is 1. The van der Waals surface area contributed by atoms with E-state index in [0.29, 0.717) is 6.04 Å². The van der Waals surface area contributed by atoms with E-state index in [2.05, 4.69) is 38.3 Å². The second kappa shape index (κ2) is 4.66. The lowest BCUT2D eigenvalue weighted by atomic mass is 10.1. The smallest absolute Gasteiger partial charge is 0.178 e. The first-order valence-corrected chi connectivity index (χ1v) is 7.16. The van der Waals surface area contributed by atoms with Crippen LogP contribution < -0.4 is 0 Å². The van der Waals surface area contributed by atoms with Crippen molar-refractivity contribution in [2.75, 3.05) is 0 Å². The lowest BCUT2D eigenvalue weighted by molar-refractivity contribution is 0.553. The highest BCUT2D eigenvalue weighted by Gasteiger charge is 2.11. The van der Waals surface area contributed by atoms with Crippen molar-refractivity contribution in [2.45, 2.75) is 19.4 Å². The summed E-state index contributed by atoms with van der Waals surface area (Å²) in [7, 11) is 0. The predicted molar refractivity (Wildman–Crippen MR) is 77.7 cm³/mol. The van der Waals surface area contributed by atoms with Crippen LogP contribution in [-0.2, 0) is 6.42 Å². The molecular formula is C13H13N3S2. The molecule has 0 fully saturated rings. The van der Waals surface area contributed by atoms with Gasteiger partial charge in [-0.2, -0.15) is 11.3 Å².